The third kappa shape index (κ3) is 4.25. The van der Waals surface area contributed by atoms with E-state index >= 15 is 0 Å². The van der Waals surface area contributed by atoms with Gasteiger partial charge in [0.25, 0.3) is 5.91 Å². The van der Waals surface area contributed by atoms with E-state index < -0.39 is 23.4 Å². The minimum Gasteiger partial charge on any atom is -0.394 e. The SMILES string of the molecule is Cc1cc(C(=O)NC[C@]2(CO)COC[C@@H](C)N2C)nc(C(F)(F)F)n1. The Hall–Kier alpha value is -1.78. The van der Waals surface area contributed by atoms with Gasteiger partial charge in [-0.1, -0.05) is 0 Å². The standard InChI is InChI=1S/C15H21F3N4O3/c1-9-4-11(21-13(20-9)15(16,17)18)12(24)19-6-14(7-23)8-25-5-10(2)22(14)3/h4,10,23H,5-8H2,1-3H3,(H,19,24)/t10-,14+/m1/s1. The van der Waals surface area contributed by atoms with E-state index in [1.807, 2.05) is 11.8 Å². The van der Waals surface area contributed by atoms with Gasteiger partial charge in [-0.05, 0) is 27.0 Å². The quantitative estimate of drug-likeness (QED) is 0.816. The number of hydrogen-bond donors (Lipinski definition) is 2. The summed E-state index contributed by atoms with van der Waals surface area (Å²) in [5, 5.41) is 12.3. The Morgan fingerprint density at radius 1 is 1.52 bits per heavy atom. The van der Waals surface area contributed by atoms with E-state index in [4.69, 9.17) is 4.74 Å². The van der Waals surface area contributed by atoms with Gasteiger partial charge >= 0.3 is 6.18 Å². The first-order valence-electron chi connectivity index (χ1n) is 7.72. The number of carbonyl (C=O) groups is 1. The maximum atomic E-state index is 12.8. The molecule has 0 radical (unpaired) electrons. The highest BCUT2D eigenvalue weighted by Crippen LogP contribution is 2.26. The Balaban J connectivity index is 2.16. The molecule has 2 N–H and O–H groups in total. The third-order valence-electron chi connectivity index (χ3n) is 4.35. The summed E-state index contributed by atoms with van der Waals surface area (Å²) < 4.78 is 43.8. The molecule has 1 aliphatic rings. The molecule has 7 nitrogen and oxygen atoms in total. The van der Waals surface area contributed by atoms with Crippen molar-refractivity contribution in [3.63, 3.8) is 0 Å². The molecule has 1 aromatic heterocycles. The van der Waals surface area contributed by atoms with Crippen molar-refractivity contribution in [3.05, 3.63) is 23.3 Å². The van der Waals surface area contributed by atoms with Crippen LogP contribution < -0.4 is 5.32 Å². The number of aliphatic hydroxyl groups excluding tert-OH is 1. The lowest BCUT2D eigenvalue weighted by molar-refractivity contribution is -0.145. The normalized spacial score (nSPS) is 25.0. The second kappa shape index (κ2) is 7.22. The monoisotopic (exact) mass is 362 g/mol. The smallest absolute Gasteiger partial charge is 0.394 e. The zero-order valence-corrected chi connectivity index (χ0v) is 14.2. The number of nitrogens with zero attached hydrogens (tertiary/aromatic N) is 3. The van der Waals surface area contributed by atoms with Crippen molar-refractivity contribution in [2.75, 3.05) is 33.4 Å². The van der Waals surface area contributed by atoms with Crippen LogP contribution in [0.25, 0.3) is 0 Å². The van der Waals surface area contributed by atoms with Gasteiger partial charge in [-0.25, -0.2) is 9.97 Å². The number of aryl methyl sites for hydroxylation is 1. The van der Waals surface area contributed by atoms with Crippen LogP contribution in [0.5, 0.6) is 0 Å². The molecule has 0 unspecified atom stereocenters. The number of aromatic nitrogens is 2. The van der Waals surface area contributed by atoms with Gasteiger partial charge in [0.05, 0.1) is 25.4 Å². The van der Waals surface area contributed by atoms with Crippen molar-refractivity contribution in [2.24, 2.45) is 0 Å². The highest BCUT2D eigenvalue weighted by atomic mass is 19.4. The molecule has 0 aromatic carbocycles. The number of alkyl halides is 3. The van der Waals surface area contributed by atoms with E-state index in [0.717, 1.165) is 0 Å². The molecule has 1 fully saturated rings. The zero-order chi connectivity index (χ0) is 18.8. The maximum Gasteiger partial charge on any atom is 0.451 e. The molecule has 2 atom stereocenters. The third-order valence-corrected chi connectivity index (χ3v) is 4.35. The zero-order valence-electron chi connectivity index (χ0n) is 14.2. The number of likely N-dealkylation sites (N-methyl/N-ethyl adjacent to an activating group) is 1. The molecule has 0 aliphatic carbocycles. The molecule has 1 saturated heterocycles. The Morgan fingerprint density at radius 2 is 2.20 bits per heavy atom. The number of amides is 1. The van der Waals surface area contributed by atoms with E-state index in [0.29, 0.717) is 6.61 Å². The lowest BCUT2D eigenvalue weighted by atomic mass is 9.96. The number of ether oxygens (including phenoxy) is 1. The second-order valence-corrected chi connectivity index (χ2v) is 6.26. The van der Waals surface area contributed by atoms with Crippen LogP contribution in [0.1, 0.15) is 28.9 Å². The Morgan fingerprint density at radius 3 is 2.80 bits per heavy atom. The Kier molecular flexibility index (Phi) is 5.65. The molecule has 140 valence electrons. The molecule has 1 aliphatic heterocycles. The second-order valence-electron chi connectivity index (χ2n) is 6.26. The highest BCUT2D eigenvalue weighted by Gasteiger charge is 2.41. The molecule has 2 rings (SSSR count). The Labute approximate surface area is 143 Å². The minimum absolute atomic E-state index is 0.00751. The highest BCUT2D eigenvalue weighted by molar-refractivity contribution is 5.92. The van der Waals surface area contributed by atoms with Crippen molar-refractivity contribution < 1.29 is 27.8 Å². The van der Waals surface area contributed by atoms with E-state index in [1.54, 1.807) is 7.05 Å². The first kappa shape index (κ1) is 19.5. The predicted molar refractivity (Wildman–Crippen MR) is 82.0 cm³/mol. The molecule has 10 heteroatoms. The molecular weight excluding hydrogens is 341 g/mol. The van der Waals surface area contributed by atoms with E-state index in [2.05, 4.69) is 15.3 Å². The predicted octanol–water partition coefficient (Wildman–Crippen LogP) is 0.615. The lowest BCUT2D eigenvalue weighted by Gasteiger charge is -2.47. The molecule has 25 heavy (non-hydrogen) atoms. The average molecular weight is 362 g/mol. The summed E-state index contributed by atoms with van der Waals surface area (Å²) in [5.74, 6) is -2.13. The number of halogens is 3. The average Bonchev–Trinajstić information content (AvgIpc) is 2.55. The van der Waals surface area contributed by atoms with Gasteiger partial charge in [0.2, 0.25) is 5.82 Å². The van der Waals surface area contributed by atoms with Crippen LogP contribution in [0, 0.1) is 6.92 Å². The van der Waals surface area contributed by atoms with Crippen molar-refractivity contribution in [3.8, 4) is 0 Å². The number of aliphatic hydroxyl groups is 1. The van der Waals surface area contributed by atoms with Crippen molar-refractivity contribution in [2.45, 2.75) is 31.6 Å². The van der Waals surface area contributed by atoms with Crippen LogP contribution in [0.4, 0.5) is 13.2 Å². The number of carbonyl (C=O) groups excluding carboxylic acids is 1. The maximum absolute atomic E-state index is 12.8. The van der Waals surface area contributed by atoms with Crippen LogP contribution in [0.15, 0.2) is 6.07 Å². The Bertz CT molecular complexity index is 641. The van der Waals surface area contributed by atoms with Gasteiger partial charge in [0, 0.05) is 18.3 Å². The largest absolute Gasteiger partial charge is 0.451 e. The molecule has 1 amide bonds. The summed E-state index contributed by atoms with van der Waals surface area (Å²) in [6, 6.07) is 1.20. The van der Waals surface area contributed by atoms with Crippen LogP contribution >= 0.6 is 0 Å². The van der Waals surface area contributed by atoms with Gasteiger partial charge in [-0.15, -0.1) is 0 Å². The lowest BCUT2D eigenvalue weighted by Crippen LogP contribution is -2.65. The van der Waals surface area contributed by atoms with Gasteiger partial charge in [-0.2, -0.15) is 13.2 Å². The van der Waals surface area contributed by atoms with Gasteiger partial charge < -0.3 is 15.2 Å². The van der Waals surface area contributed by atoms with Crippen LogP contribution in [-0.2, 0) is 10.9 Å². The van der Waals surface area contributed by atoms with Crippen molar-refractivity contribution in [1.29, 1.82) is 0 Å². The van der Waals surface area contributed by atoms with Gasteiger partial charge in [0.15, 0.2) is 0 Å². The first-order valence-corrected chi connectivity index (χ1v) is 7.72. The summed E-state index contributed by atoms with van der Waals surface area (Å²) in [4.78, 5) is 20.7. The van der Waals surface area contributed by atoms with Crippen LogP contribution in [0.3, 0.4) is 0 Å². The first-order chi connectivity index (χ1) is 11.6. The summed E-state index contributed by atoms with van der Waals surface area (Å²) in [6.07, 6.45) is -4.74. The summed E-state index contributed by atoms with van der Waals surface area (Å²) >= 11 is 0. The van der Waals surface area contributed by atoms with Crippen LogP contribution in [-0.4, -0.2) is 70.9 Å². The molecule has 0 spiro atoms. The number of nitrogens with one attached hydrogen (secondary N) is 1. The molecule has 2 heterocycles. The van der Waals surface area contributed by atoms with E-state index in [1.165, 1.54) is 13.0 Å². The van der Waals surface area contributed by atoms with Crippen molar-refractivity contribution >= 4 is 5.91 Å². The number of rotatable bonds is 4. The number of hydrogen-bond acceptors (Lipinski definition) is 6. The minimum atomic E-state index is -4.74. The molecule has 1 aromatic rings. The molecule has 0 saturated carbocycles. The molecular formula is C15H21F3N4O3. The van der Waals surface area contributed by atoms with E-state index in [-0.39, 0.29) is 37.2 Å². The summed E-state index contributed by atoms with van der Waals surface area (Å²) in [5.41, 5.74) is -1.18. The topological polar surface area (TPSA) is 87.6 Å². The molecule has 0 bridgehead atoms. The summed E-state index contributed by atoms with van der Waals surface area (Å²) in [6.45, 7) is 3.69. The fourth-order valence-electron chi connectivity index (χ4n) is 2.64. The number of morpholine rings is 1. The summed E-state index contributed by atoms with van der Waals surface area (Å²) in [7, 11) is 1.80. The van der Waals surface area contributed by atoms with Gasteiger partial charge in [-0.3, -0.25) is 9.69 Å². The van der Waals surface area contributed by atoms with Gasteiger partial charge in [0.1, 0.15) is 5.69 Å². The van der Waals surface area contributed by atoms with Crippen LogP contribution in [0.2, 0.25) is 0 Å². The van der Waals surface area contributed by atoms with E-state index in [9.17, 15) is 23.1 Å². The fourth-order valence-corrected chi connectivity index (χ4v) is 2.64. The fraction of sp³-hybridized carbons (Fsp3) is 0.667. The van der Waals surface area contributed by atoms with Crippen molar-refractivity contribution in [1.82, 2.24) is 20.2 Å².